The van der Waals surface area contributed by atoms with Crippen molar-refractivity contribution in [3.05, 3.63) is 59.3 Å². The first-order chi connectivity index (χ1) is 11.9. The Morgan fingerprint density at radius 1 is 1.20 bits per heavy atom. The first-order valence-electron chi connectivity index (χ1n) is 7.75. The van der Waals surface area contributed by atoms with Crippen molar-refractivity contribution in [2.75, 3.05) is 0 Å². The van der Waals surface area contributed by atoms with Crippen molar-refractivity contribution in [1.82, 2.24) is 14.5 Å². The summed E-state index contributed by atoms with van der Waals surface area (Å²) in [6.45, 7) is 3.67. The van der Waals surface area contributed by atoms with Gasteiger partial charge in [-0.2, -0.15) is 5.26 Å². The summed E-state index contributed by atoms with van der Waals surface area (Å²) in [6, 6.07) is 9.23. The molecule has 0 fully saturated rings. The fraction of sp³-hybridized carbons (Fsp3) is 0.211. The molecule has 0 aliphatic heterocycles. The minimum absolute atomic E-state index is 0.0851. The number of imidazole rings is 1. The van der Waals surface area contributed by atoms with Gasteiger partial charge >= 0.3 is 0 Å². The lowest BCUT2D eigenvalue weighted by atomic mass is 9.92. The van der Waals surface area contributed by atoms with Crippen LogP contribution in [0, 0.1) is 31.1 Å². The Morgan fingerprint density at radius 3 is 2.60 bits per heavy atom. The van der Waals surface area contributed by atoms with Gasteiger partial charge in [0.05, 0.1) is 11.6 Å². The molecular formula is C19H16N4O2. The predicted octanol–water partition coefficient (Wildman–Crippen LogP) is 2.79. The number of fused-ring (bicyclic) bond motifs is 1. The number of rotatable bonds is 4. The molecule has 1 aromatic carbocycles. The van der Waals surface area contributed by atoms with Crippen LogP contribution in [0.1, 0.15) is 32.2 Å². The SMILES string of the molecule is Cc1ccc2cc(C(=O)C(C#N)C(=O)c3nccn3C)c(C)nc2c1. The molecule has 3 aromatic rings. The highest BCUT2D eigenvalue weighted by Gasteiger charge is 2.32. The quantitative estimate of drug-likeness (QED) is 0.541. The summed E-state index contributed by atoms with van der Waals surface area (Å²) in [4.78, 5) is 33.8. The fourth-order valence-corrected chi connectivity index (χ4v) is 2.75. The van der Waals surface area contributed by atoms with E-state index in [2.05, 4.69) is 9.97 Å². The molecule has 124 valence electrons. The summed E-state index contributed by atoms with van der Waals surface area (Å²) < 4.78 is 1.49. The van der Waals surface area contributed by atoms with E-state index in [1.807, 2.05) is 31.2 Å². The van der Waals surface area contributed by atoms with Crippen molar-refractivity contribution in [2.24, 2.45) is 13.0 Å². The molecule has 0 bridgehead atoms. The number of nitrogens with zero attached hydrogens (tertiary/aromatic N) is 4. The number of carbonyl (C=O) groups is 2. The molecule has 1 atom stereocenters. The predicted molar refractivity (Wildman–Crippen MR) is 92.2 cm³/mol. The Morgan fingerprint density at radius 2 is 1.96 bits per heavy atom. The number of ketones is 2. The van der Waals surface area contributed by atoms with Gasteiger partial charge in [-0.1, -0.05) is 12.1 Å². The number of hydrogen-bond acceptors (Lipinski definition) is 5. The topological polar surface area (TPSA) is 88.6 Å². The lowest BCUT2D eigenvalue weighted by Gasteiger charge is -2.11. The molecule has 2 heterocycles. The second kappa shape index (κ2) is 6.29. The zero-order valence-electron chi connectivity index (χ0n) is 14.1. The summed E-state index contributed by atoms with van der Waals surface area (Å²) in [5.74, 6) is -2.52. The first-order valence-corrected chi connectivity index (χ1v) is 7.75. The monoisotopic (exact) mass is 332 g/mol. The first kappa shape index (κ1) is 16.5. The third kappa shape index (κ3) is 2.92. The van der Waals surface area contributed by atoms with Crippen molar-refractivity contribution in [1.29, 1.82) is 5.26 Å². The van der Waals surface area contributed by atoms with Gasteiger partial charge in [-0.3, -0.25) is 14.6 Å². The van der Waals surface area contributed by atoms with E-state index in [1.165, 1.54) is 10.8 Å². The van der Waals surface area contributed by atoms with E-state index < -0.39 is 17.5 Å². The smallest absolute Gasteiger partial charge is 0.223 e. The number of aromatic nitrogens is 3. The molecule has 0 saturated carbocycles. The van der Waals surface area contributed by atoms with Crippen molar-refractivity contribution >= 4 is 22.5 Å². The maximum Gasteiger partial charge on any atom is 0.223 e. The highest BCUT2D eigenvalue weighted by Crippen LogP contribution is 2.21. The van der Waals surface area contributed by atoms with Crippen LogP contribution < -0.4 is 0 Å². The van der Waals surface area contributed by atoms with Crippen LogP contribution in [0.4, 0.5) is 0 Å². The minimum Gasteiger partial charge on any atom is -0.332 e. The van der Waals surface area contributed by atoms with Crippen LogP contribution >= 0.6 is 0 Å². The molecule has 6 heteroatoms. The van der Waals surface area contributed by atoms with E-state index in [1.54, 1.807) is 26.2 Å². The molecule has 25 heavy (non-hydrogen) atoms. The van der Waals surface area contributed by atoms with Crippen LogP contribution in [-0.2, 0) is 7.05 Å². The summed E-state index contributed by atoms with van der Waals surface area (Å²) >= 11 is 0. The molecule has 2 aromatic heterocycles. The second-order valence-electron chi connectivity index (χ2n) is 5.97. The normalized spacial score (nSPS) is 11.9. The fourth-order valence-electron chi connectivity index (χ4n) is 2.75. The highest BCUT2D eigenvalue weighted by molar-refractivity contribution is 6.17. The third-order valence-electron chi connectivity index (χ3n) is 4.12. The van der Waals surface area contributed by atoms with Crippen LogP contribution in [0.15, 0.2) is 36.7 Å². The average molecular weight is 332 g/mol. The number of Topliss-reactive ketones (excluding diaryl/α,β-unsaturated/α-hetero) is 2. The largest absolute Gasteiger partial charge is 0.332 e. The van der Waals surface area contributed by atoms with Crippen LogP contribution in [-0.4, -0.2) is 26.1 Å². The molecule has 0 aliphatic carbocycles. The lowest BCUT2D eigenvalue weighted by Crippen LogP contribution is -2.26. The number of nitriles is 1. The summed E-state index contributed by atoms with van der Waals surface area (Å²) in [5, 5.41) is 10.2. The molecule has 0 amide bonds. The third-order valence-corrected chi connectivity index (χ3v) is 4.12. The van der Waals surface area contributed by atoms with Crippen LogP contribution in [0.3, 0.4) is 0 Å². The number of benzene rings is 1. The van der Waals surface area contributed by atoms with Gasteiger partial charge in [0.15, 0.2) is 17.5 Å². The van der Waals surface area contributed by atoms with Crippen molar-refractivity contribution < 1.29 is 9.59 Å². The molecule has 6 nitrogen and oxygen atoms in total. The van der Waals surface area contributed by atoms with E-state index in [0.29, 0.717) is 5.69 Å². The minimum atomic E-state index is -1.44. The van der Waals surface area contributed by atoms with E-state index in [0.717, 1.165) is 16.5 Å². The molecule has 1 unspecified atom stereocenters. The van der Waals surface area contributed by atoms with E-state index in [9.17, 15) is 14.9 Å². The van der Waals surface area contributed by atoms with Crippen molar-refractivity contribution in [3.8, 4) is 6.07 Å². The van der Waals surface area contributed by atoms with Gasteiger partial charge < -0.3 is 4.57 Å². The average Bonchev–Trinajstić information content (AvgIpc) is 3.00. The number of carbonyl (C=O) groups excluding carboxylic acids is 2. The van der Waals surface area contributed by atoms with Crippen LogP contribution in [0.25, 0.3) is 10.9 Å². The van der Waals surface area contributed by atoms with Crippen LogP contribution in [0.5, 0.6) is 0 Å². The Kier molecular flexibility index (Phi) is 4.15. The molecule has 3 rings (SSSR count). The molecule has 0 radical (unpaired) electrons. The van der Waals surface area contributed by atoms with Crippen LogP contribution in [0.2, 0.25) is 0 Å². The number of hydrogen-bond donors (Lipinski definition) is 0. The zero-order valence-corrected chi connectivity index (χ0v) is 14.1. The summed E-state index contributed by atoms with van der Waals surface area (Å²) in [5.41, 5.74) is 2.62. The highest BCUT2D eigenvalue weighted by atomic mass is 16.2. The zero-order chi connectivity index (χ0) is 18.1. The molecule has 0 spiro atoms. The number of aryl methyl sites for hydroxylation is 3. The Balaban J connectivity index is 2.04. The lowest BCUT2D eigenvalue weighted by molar-refractivity contribution is 0.0837. The molecule has 0 aliphatic rings. The summed E-state index contributed by atoms with van der Waals surface area (Å²) in [7, 11) is 1.64. The van der Waals surface area contributed by atoms with Gasteiger partial charge in [0.2, 0.25) is 5.78 Å². The standard InChI is InChI=1S/C19H16N4O2/c1-11-4-5-13-9-14(12(2)22-16(13)8-11)17(24)15(10-20)18(25)19-21-6-7-23(19)3/h4-9,15H,1-3H3. The molecular weight excluding hydrogens is 316 g/mol. The summed E-state index contributed by atoms with van der Waals surface area (Å²) in [6.07, 6.45) is 3.05. The van der Waals surface area contributed by atoms with E-state index in [-0.39, 0.29) is 11.4 Å². The number of pyridine rings is 1. The van der Waals surface area contributed by atoms with Crippen molar-refractivity contribution in [2.45, 2.75) is 13.8 Å². The van der Waals surface area contributed by atoms with Gasteiger partial charge in [-0.05, 0) is 31.5 Å². The van der Waals surface area contributed by atoms with Gasteiger partial charge in [-0.25, -0.2) is 4.98 Å². The Hall–Kier alpha value is -3.33. The molecule has 0 N–H and O–H groups in total. The Labute approximate surface area is 144 Å². The van der Waals surface area contributed by atoms with E-state index >= 15 is 0 Å². The maximum absolute atomic E-state index is 12.8. The maximum atomic E-state index is 12.8. The Bertz CT molecular complexity index is 1040. The van der Waals surface area contributed by atoms with Gasteiger partial charge in [0, 0.05) is 36.1 Å². The van der Waals surface area contributed by atoms with Gasteiger partial charge in [-0.15, -0.1) is 0 Å². The van der Waals surface area contributed by atoms with Gasteiger partial charge in [0.1, 0.15) is 0 Å². The second-order valence-corrected chi connectivity index (χ2v) is 5.97. The van der Waals surface area contributed by atoms with Gasteiger partial charge in [0.25, 0.3) is 0 Å². The molecule has 0 saturated heterocycles. The van der Waals surface area contributed by atoms with E-state index in [4.69, 9.17) is 0 Å². The van der Waals surface area contributed by atoms with Crippen molar-refractivity contribution in [3.63, 3.8) is 0 Å².